The van der Waals surface area contributed by atoms with Crippen LogP contribution in [-0.4, -0.2) is 32.3 Å². The summed E-state index contributed by atoms with van der Waals surface area (Å²) in [6.45, 7) is 5.28. The largest absolute Gasteiger partial charge is 0.497 e. The Balaban J connectivity index is 1.68. The van der Waals surface area contributed by atoms with E-state index >= 15 is 0 Å². The molecule has 1 N–H and O–H groups in total. The molecule has 3 aromatic carbocycles. The molecule has 1 aliphatic rings. The molecule has 168 valence electrons. The van der Waals surface area contributed by atoms with E-state index in [2.05, 4.69) is 19.2 Å². The molecular formula is C27H31NO4. The van der Waals surface area contributed by atoms with Gasteiger partial charge in [-0.25, -0.2) is 0 Å². The second kappa shape index (κ2) is 9.61. The summed E-state index contributed by atoms with van der Waals surface area (Å²) in [6, 6.07) is 19.7. The van der Waals surface area contributed by atoms with E-state index in [0.717, 1.165) is 39.9 Å². The van der Waals surface area contributed by atoms with Crippen LogP contribution in [0, 0.1) is 0 Å². The number of hydrogen-bond acceptors (Lipinski definition) is 4. The van der Waals surface area contributed by atoms with E-state index in [1.165, 1.54) is 0 Å². The molecule has 4 rings (SSSR count). The molecule has 0 aliphatic carbocycles. The Labute approximate surface area is 189 Å². The van der Waals surface area contributed by atoms with Crippen molar-refractivity contribution in [3.63, 3.8) is 0 Å². The SMILES string of the molecule is CC[C@H](C)Oc1ccc(NC(=O)C2(c3ccc(OC)cc3)CCOCC2)c2ccccc12. The number of hydrogen-bond donors (Lipinski definition) is 1. The summed E-state index contributed by atoms with van der Waals surface area (Å²) in [7, 11) is 1.64. The fourth-order valence-corrected chi connectivity index (χ4v) is 4.30. The molecule has 1 amide bonds. The minimum Gasteiger partial charge on any atom is -0.497 e. The third kappa shape index (κ3) is 4.30. The molecule has 0 unspecified atom stereocenters. The molecule has 0 bridgehead atoms. The second-order valence-electron chi connectivity index (χ2n) is 8.37. The summed E-state index contributed by atoms with van der Waals surface area (Å²) in [5.74, 6) is 1.61. The van der Waals surface area contributed by atoms with Gasteiger partial charge in [0.25, 0.3) is 0 Å². The highest BCUT2D eigenvalue weighted by molar-refractivity contribution is 6.07. The third-order valence-electron chi connectivity index (χ3n) is 6.46. The Bertz CT molecular complexity index is 1070. The lowest BCUT2D eigenvalue weighted by molar-refractivity contribution is -0.125. The third-order valence-corrected chi connectivity index (χ3v) is 6.46. The monoisotopic (exact) mass is 433 g/mol. The molecule has 1 atom stereocenters. The molecule has 1 aliphatic heterocycles. The zero-order valence-electron chi connectivity index (χ0n) is 19.0. The van der Waals surface area contributed by atoms with Crippen molar-refractivity contribution in [2.24, 2.45) is 0 Å². The minimum absolute atomic E-state index is 0.00767. The van der Waals surface area contributed by atoms with Crippen molar-refractivity contribution in [1.29, 1.82) is 0 Å². The first kappa shape index (κ1) is 22.2. The Morgan fingerprint density at radius 3 is 2.38 bits per heavy atom. The van der Waals surface area contributed by atoms with Crippen LogP contribution in [0.25, 0.3) is 10.8 Å². The highest BCUT2D eigenvalue weighted by Gasteiger charge is 2.42. The van der Waals surface area contributed by atoms with Gasteiger partial charge >= 0.3 is 0 Å². The number of fused-ring (bicyclic) bond motifs is 1. The lowest BCUT2D eigenvalue weighted by Crippen LogP contribution is -2.44. The van der Waals surface area contributed by atoms with Crippen LogP contribution >= 0.6 is 0 Å². The average Bonchev–Trinajstić information content (AvgIpc) is 2.85. The van der Waals surface area contributed by atoms with Gasteiger partial charge in [0, 0.05) is 29.7 Å². The lowest BCUT2D eigenvalue weighted by Gasteiger charge is -2.36. The highest BCUT2D eigenvalue weighted by Crippen LogP contribution is 2.39. The molecule has 3 aromatic rings. The van der Waals surface area contributed by atoms with Gasteiger partial charge < -0.3 is 19.5 Å². The molecule has 1 fully saturated rings. The predicted octanol–water partition coefficient (Wildman–Crippen LogP) is 5.71. The van der Waals surface area contributed by atoms with Crippen LogP contribution in [0.15, 0.2) is 60.7 Å². The molecule has 32 heavy (non-hydrogen) atoms. The average molecular weight is 434 g/mol. The van der Waals surface area contributed by atoms with Crippen LogP contribution in [0.5, 0.6) is 11.5 Å². The molecule has 5 nitrogen and oxygen atoms in total. The number of benzene rings is 3. The second-order valence-corrected chi connectivity index (χ2v) is 8.37. The van der Waals surface area contributed by atoms with Gasteiger partial charge in [-0.05, 0) is 56.0 Å². The summed E-state index contributed by atoms with van der Waals surface area (Å²) >= 11 is 0. The van der Waals surface area contributed by atoms with Gasteiger partial charge in [0.1, 0.15) is 11.5 Å². The lowest BCUT2D eigenvalue weighted by atomic mass is 9.73. The Hall–Kier alpha value is -3.05. The molecule has 1 saturated heterocycles. The number of amides is 1. The zero-order chi connectivity index (χ0) is 22.6. The summed E-state index contributed by atoms with van der Waals surface area (Å²) < 4.78 is 17.0. The number of rotatable bonds is 7. The molecule has 0 spiro atoms. The van der Waals surface area contributed by atoms with Crippen LogP contribution in [0.3, 0.4) is 0 Å². The van der Waals surface area contributed by atoms with Gasteiger partial charge in [-0.3, -0.25) is 4.79 Å². The molecule has 1 heterocycles. The molecule has 5 heteroatoms. The maximum absolute atomic E-state index is 13.8. The van der Waals surface area contributed by atoms with E-state index in [9.17, 15) is 4.79 Å². The summed E-state index contributed by atoms with van der Waals surface area (Å²) in [4.78, 5) is 13.8. The van der Waals surface area contributed by atoms with Crippen LogP contribution in [0.1, 0.15) is 38.7 Å². The van der Waals surface area contributed by atoms with E-state index in [1.807, 2.05) is 60.7 Å². The predicted molar refractivity (Wildman–Crippen MR) is 128 cm³/mol. The zero-order valence-corrected chi connectivity index (χ0v) is 19.0. The van der Waals surface area contributed by atoms with Crippen LogP contribution in [0.2, 0.25) is 0 Å². The van der Waals surface area contributed by atoms with Gasteiger partial charge in [-0.2, -0.15) is 0 Å². The standard InChI is InChI=1S/C27H31NO4/c1-4-19(2)32-25-14-13-24(22-7-5-6-8-23(22)25)28-26(29)27(15-17-31-18-16-27)20-9-11-21(30-3)12-10-20/h5-14,19H,4,15-18H2,1-3H3,(H,28,29)/t19-/m0/s1. The number of nitrogens with one attached hydrogen (secondary N) is 1. The summed E-state index contributed by atoms with van der Waals surface area (Å²) in [5.41, 5.74) is 1.14. The van der Waals surface area contributed by atoms with Crippen molar-refractivity contribution in [2.75, 3.05) is 25.6 Å². The van der Waals surface area contributed by atoms with Crippen molar-refractivity contribution >= 4 is 22.4 Å². The van der Waals surface area contributed by atoms with Crippen molar-refractivity contribution in [3.05, 3.63) is 66.2 Å². The smallest absolute Gasteiger partial charge is 0.235 e. The van der Waals surface area contributed by atoms with E-state index in [1.54, 1.807) is 7.11 Å². The summed E-state index contributed by atoms with van der Waals surface area (Å²) in [5, 5.41) is 5.20. The van der Waals surface area contributed by atoms with E-state index in [0.29, 0.717) is 26.1 Å². The van der Waals surface area contributed by atoms with Crippen LogP contribution < -0.4 is 14.8 Å². The maximum Gasteiger partial charge on any atom is 0.235 e. The first-order valence-corrected chi connectivity index (χ1v) is 11.3. The van der Waals surface area contributed by atoms with Gasteiger partial charge in [0.2, 0.25) is 5.91 Å². The highest BCUT2D eigenvalue weighted by atomic mass is 16.5. The number of anilines is 1. The fraction of sp³-hybridized carbons (Fsp3) is 0.370. The van der Waals surface area contributed by atoms with Gasteiger partial charge in [0.05, 0.1) is 18.6 Å². The summed E-state index contributed by atoms with van der Waals surface area (Å²) in [6.07, 6.45) is 2.33. The topological polar surface area (TPSA) is 56.8 Å². The maximum atomic E-state index is 13.8. The Morgan fingerprint density at radius 1 is 1.03 bits per heavy atom. The van der Waals surface area contributed by atoms with Crippen molar-refractivity contribution < 1.29 is 19.0 Å². The minimum atomic E-state index is -0.641. The van der Waals surface area contributed by atoms with Crippen LogP contribution in [0.4, 0.5) is 5.69 Å². The number of carbonyl (C=O) groups excluding carboxylic acids is 1. The Morgan fingerprint density at radius 2 is 1.72 bits per heavy atom. The van der Waals surface area contributed by atoms with Crippen LogP contribution in [-0.2, 0) is 14.9 Å². The quantitative estimate of drug-likeness (QED) is 0.518. The number of ether oxygens (including phenoxy) is 3. The fourth-order valence-electron chi connectivity index (χ4n) is 4.30. The Kier molecular flexibility index (Phi) is 6.66. The first-order valence-electron chi connectivity index (χ1n) is 11.3. The van der Waals surface area contributed by atoms with Crippen molar-refractivity contribution in [2.45, 2.75) is 44.6 Å². The van der Waals surface area contributed by atoms with E-state index < -0.39 is 5.41 Å². The van der Waals surface area contributed by atoms with Gasteiger partial charge in [-0.15, -0.1) is 0 Å². The first-order chi connectivity index (χ1) is 15.6. The van der Waals surface area contributed by atoms with Gasteiger partial charge in [0.15, 0.2) is 0 Å². The number of carbonyl (C=O) groups is 1. The van der Waals surface area contributed by atoms with Gasteiger partial charge in [-0.1, -0.05) is 43.3 Å². The van der Waals surface area contributed by atoms with E-state index in [4.69, 9.17) is 14.2 Å². The number of methoxy groups -OCH3 is 1. The van der Waals surface area contributed by atoms with Crippen molar-refractivity contribution in [1.82, 2.24) is 0 Å². The molecule has 0 saturated carbocycles. The van der Waals surface area contributed by atoms with E-state index in [-0.39, 0.29) is 12.0 Å². The molecule has 0 radical (unpaired) electrons. The molecular weight excluding hydrogens is 402 g/mol. The van der Waals surface area contributed by atoms with Crippen molar-refractivity contribution in [3.8, 4) is 11.5 Å². The normalized spacial score (nSPS) is 16.3. The molecule has 0 aromatic heterocycles.